The molecule has 0 unspecified atom stereocenters. The van der Waals surface area contributed by atoms with Gasteiger partial charge in [0.1, 0.15) is 12.4 Å². The molecular formula is C20H25NO2. The van der Waals surface area contributed by atoms with Crippen LogP contribution in [0.4, 0.5) is 0 Å². The molecule has 0 bridgehead atoms. The molecule has 0 saturated carbocycles. The monoisotopic (exact) mass is 311 g/mol. The number of fused-ring (bicyclic) bond motifs is 5. The number of benzene rings is 2. The van der Waals surface area contributed by atoms with E-state index in [1.165, 1.54) is 0 Å². The third-order valence-electron chi connectivity index (χ3n) is 3.93. The van der Waals surface area contributed by atoms with Crippen LogP contribution >= 0.6 is 0 Å². The summed E-state index contributed by atoms with van der Waals surface area (Å²) in [6.07, 6.45) is 0. The van der Waals surface area contributed by atoms with Crippen molar-refractivity contribution in [1.82, 2.24) is 5.32 Å². The number of ether oxygens (including phenoxy) is 1. The first-order valence-corrected chi connectivity index (χ1v) is 8.46. The third-order valence-corrected chi connectivity index (χ3v) is 3.93. The number of carbonyl (C=O) groups excluding carboxylic acids is 1. The van der Waals surface area contributed by atoms with Gasteiger partial charge in [-0.1, -0.05) is 64.1 Å². The predicted molar refractivity (Wildman–Crippen MR) is 94.2 cm³/mol. The van der Waals surface area contributed by atoms with Crippen LogP contribution in [-0.4, -0.2) is 18.6 Å². The summed E-state index contributed by atoms with van der Waals surface area (Å²) in [5, 5.41) is 3.05. The summed E-state index contributed by atoms with van der Waals surface area (Å²) in [6, 6.07) is 15.9. The smallest absolute Gasteiger partial charge is 0.251 e. The maximum Gasteiger partial charge on any atom is 0.251 e. The molecule has 1 amide bonds. The van der Waals surface area contributed by atoms with Gasteiger partial charge in [0, 0.05) is 17.0 Å². The van der Waals surface area contributed by atoms with Crippen molar-refractivity contribution in [1.29, 1.82) is 0 Å². The maximum absolute atomic E-state index is 12.1. The minimum Gasteiger partial charge on any atom is -0.491 e. The molecule has 0 radical (unpaired) electrons. The first kappa shape index (κ1) is 17.1. The van der Waals surface area contributed by atoms with Gasteiger partial charge in [0.15, 0.2) is 0 Å². The van der Waals surface area contributed by atoms with Crippen LogP contribution in [0.3, 0.4) is 0 Å². The van der Waals surface area contributed by atoms with E-state index in [1.54, 1.807) is 0 Å². The highest BCUT2D eigenvalue weighted by molar-refractivity contribution is 5.97. The summed E-state index contributed by atoms with van der Waals surface area (Å²) in [6.45, 7) is 8.53. The van der Waals surface area contributed by atoms with E-state index in [-0.39, 0.29) is 17.9 Å². The molecular weight excluding hydrogens is 286 g/mol. The van der Waals surface area contributed by atoms with Gasteiger partial charge in [-0.05, 0) is 17.7 Å². The third kappa shape index (κ3) is 3.09. The van der Waals surface area contributed by atoms with E-state index < -0.39 is 0 Å². The summed E-state index contributed by atoms with van der Waals surface area (Å²) < 4.78 is 5.74. The quantitative estimate of drug-likeness (QED) is 0.784. The lowest BCUT2D eigenvalue weighted by atomic mass is 9.78. The van der Waals surface area contributed by atoms with Crippen molar-refractivity contribution in [3.8, 4) is 5.75 Å². The normalized spacial score (nSPS) is 19.9. The number of hydrogen-bond acceptors (Lipinski definition) is 2. The van der Waals surface area contributed by atoms with Crippen LogP contribution in [0.1, 0.15) is 55.1 Å². The van der Waals surface area contributed by atoms with E-state index in [1.807, 2.05) is 70.2 Å². The molecule has 1 N–H and O–H groups in total. The molecule has 0 aliphatic carbocycles. The zero-order valence-electron chi connectivity index (χ0n) is 14.3. The van der Waals surface area contributed by atoms with Gasteiger partial charge in [-0.2, -0.15) is 0 Å². The van der Waals surface area contributed by atoms with Gasteiger partial charge in [0.05, 0.1) is 6.04 Å². The van der Waals surface area contributed by atoms with Crippen molar-refractivity contribution < 1.29 is 9.53 Å². The van der Waals surface area contributed by atoms with Crippen molar-refractivity contribution in [2.75, 3.05) is 6.61 Å². The molecule has 2 aliphatic rings. The molecule has 3 heteroatoms. The molecule has 3 nitrogen and oxygen atoms in total. The zero-order chi connectivity index (χ0) is 16.8. The van der Waals surface area contributed by atoms with E-state index in [0.717, 1.165) is 22.4 Å². The largest absolute Gasteiger partial charge is 0.491 e. The van der Waals surface area contributed by atoms with Crippen LogP contribution in [0.15, 0.2) is 48.5 Å². The molecule has 0 fully saturated rings. The van der Waals surface area contributed by atoms with Crippen molar-refractivity contribution in [3.05, 3.63) is 65.2 Å². The number of carbonyl (C=O) groups is 1. The molecule has 0 saturated heterocycles. The summed E-state index contributed by atoms with van der Waals surface area (Å²) in [5.74, 6) is 1.12. The van der Waals surface area contributed by atoms with Gasteiger partial charge in [0.25, 0.3) is 5.91 Å². The van der Waals surface area contributed by atoms with Gasteiger partial charge in [-0.25, -0.2) is 0 Å². The van der Waals surface area contributed by atoms with E-state index in [9.17, 15) is 4.79 Å². The Balaban J connectivity index is 0.000000448. The maximum atomic E-state index is 12.1. The van der Waals surface area contributed by atoms with Crippen molar-refractivity contribution in [2.45, 2.75) is 39.7 Å². The number of rotatable bonds is 0. The van der Waals surface area contributed by atoms with Gasteiger partial charge in [0.2, 0.25) is 0 Å². The average molecular weight is 311 g/mol. The first-order valence-electron chi connectivity index (χ1n) is 8.46. The van der Waals surface area contributed by atoms with Crippen molar-refractivity contribution in [3.63, 3.8) is 0 Å². The molecule has 122 valence electrons. The summed E-state index contributed by atoms with van der Waals surface area (Å²) in [5.41, 5.74) is 3.04. The van der Waals surface area contributed by atoms with E-state index in [0.29, 0.717) is 6.61 Å². The van der Waals surface area contributed by atoms with Crippen molar-refractivity contribution >= 4 is 5.91 Å². The molecule has 4 rings (SSSR count). The van der Waals surface area contributed by atoms with Crippen LogP contribution < -0.4 is 10.1 Å². The second-order valence-corrected chi connectivity index (χ2v) is 4.99. The molecule has 2 aliphatic heterocycles. The Labute approximate surface area is 138 Å². The highest BCUT2D eigenvalue weighted by atomic mass is 16.5. The average Bonchev–Trinajstić information content (AvgIpc) is 2.65. The predicted octanol–water partition coefficient (Wildman–Crippen LogP) is 4.38. The second kappa shape index (κ2) is 7.82. The molecule has 23 heavy (non-hydrogen) atoms. The topological polar surface area (TPSA) is 38.3 Å². The number of hydrogen-bond donors (Lipinski definition) is 1. The molecule has 0 aromatic heterocycles. The Bertz CT molecular complexity index is 666. The Morgan fingerprint density at radius 3 is 2.26 bits per heavy atom. The van der Waals surface area contributed by atoms with Gasteiger partial charge < -0.3 is 10.1 Å². The number of para-hydroxylation sites is 1. The summed E-state index contributed by atoms with van der Waals surface area (Å²) >= 11 is 0. The Hall–Kier alpha value is -2.29. The molecule has 2 aromatic carbocycles. The van der Waals surface area contributed by atoms with Crippen LogP contribution in [-0.2, 0) is 0 Å². The Morgan fingerprint density at radius 1 is 0.913 bits per heavy atom. The standard InChI is InChI=1S/C16H13NO2.2C2H6/c18-16-11-6-2-1-5-10(11)15-12-7-3-4-8-14(12)19-9-13(15)17-16;2*1-2/h1-8,13,15H,9H2,(H,17,18);2*1-2H3/t13-,15+;;/m1../s1. The molecule has 2 atom stereocenters. The highest BCUT2D eigenvalue weighted by Crippen LogP contribution is 2.41. The fraction of sp³-hybridized carbons (Fsp3) is 0.350. The molecule has 2 aromatic rings. The minimum absolute atomic E-state index is 0.000156. The zero-order valence-corrected chi connectivity index (χ0v) is 14.3. The van der Waals surface area contributed by atoms with Gasteiger partial charge >= 0.3 is 0 Å². The molecule has 2 heterocycles. The fourth-order valence-corrected chi connectivity index (χ4v) is 3.09. The number of amides is 1. The lowest BCUT2D eigenvalue weighted by molar-refractivity contribution is 0.0887. The van der Waals surface area contributed by atoms with Gasteiger partial charge in [-0.15, -0.1) is 0 Å². The first-order chi connectivity index (χ1) is 11.3. The summed E-state index contributed by atoms with van der Waals surface area (Å²) in [7, 11) is 0. The molecule has 0 spiro atoms. The van der Waals surface area contributed by atoms with Crippen molar-refractivity contribution in [2.24, 2.45) is 0 Å². The summed E-state index contributed by atoms with van der Waals surface area (Å²) in [4.78, 5) is 12.1. The number of nitrogens with one attached hydrogen (secondary N) is 1. The van der Waals surface area contributed by atoms with E-state index in [2.05, 4.69) is 11.4 Å². The van der Waals surface area contributed by atoms with Crippen LogP contribution in [0.25, 0.3) is 0 Å². The fourth-order valence-electron chi connectivity index (χ4n) is 3.09. The highest BCUT2D eigenvalue weighted by Gasteiger charge is 2.38. The van der Waals surface area contributed by atoms with Crippen LogP contribution in [0.5, 0.6) is 5.75 Å². The van der Waals surface area contributed by atoms with E-state index >= 15 is 0 Å². The second-order valence-electron chi connectivity index (χ2n) is 4.99. The Kier molecular flexibility index (Phi) is 5.80. The van der Waals surface area contributed by atoms with Crippen LogP contribution in [0.2, 0.25) is 0 Å². The minimum atomic E-state index is -0.000156. The lowest BCUT2D eigenvalue weighted by Gasteiger charge is -2.38. The van der Waals surface area contributed by atoms with Crippen LogP contribution in [0, 0.1) is 0 Å². The van der Waals surface area contributed by atoms with Gasteiger partial charge in [-0.3, -0.25) is 4.79 Å². The van der Waals surface area contributed by atoms with E-state index in [4.69, 9.17) is 4.74 Å². The SMILES string of the molecule is CC.CC.O=C1N[C@@H]2COc3ccccc3[C@@H]2c2ccccc21. The lowest BCUT2D eigenvalue weighted by Crippen LogP contribution is -2.49. The Morgan fingerprint density at radius 2 is 1.52 bits per heavy atom.